The minimum absolute atomic E-state index is 0.0460. The molecule has 0 aliphatic carbocycles. The minimum atomic E-state index is -0.363. The molecule has 1 aliphatic rings. The maximum atomic E-state index is 12.7. The zero-order chi connectivity index (χ0) is 21.5. The maximum absolute atomic E-state index is 12.7. The molecule has 1 N–H and O–H groups in total. The number of amides is 1. The Bertz CT molecular complexity index is 1430. The van der Waals surface area contributed by atoms with E-state index in [9.17, 15) is 9.59 Å². The Hall–Kier alpha value is -3.74. The highest BCUT2D eigenvalue weighted by Gasteiger charge is 2.18. The summed E-state index contributed by atoms with van der Waals surface area (Å²) in [6.45, 7) is 4.58. The van der Waals surface area contributed by atoms with E-state index in [1.54, 1.807) is 22.8 Å². The Morgan fingerprint density at radius 3 is 2.90 bits per heavy atom. The quantitative estimate of drug-likeness (QED) is 0.406. The molecule has 1 aliphatic heterocycles. The number of carbonyl (C=O) groups excluding carboxylic acids is 1. The van der Waals surface area contributed by atoms with Gasteiger partial charge in [-0.05, 0) is 44.0 Å². The number of fused-ring (bicyclic) bond motifs is 3. The standard InChI is InChI=1S/C24H22N4O3/c1-3-16-17-7-4-5-8-20(17)31-22(16)14(2)26-27-23(29)15-10-11-18-19(13-15)25-21-9-6-12-28(21)24(18)30/h4-5,7-8,10-11,13H,3,6,9,12H2,1-2H3,(H,27,29)/b26-14-. The van der Waals surface area contributed by atoms with Crippen molar-refractivity contribution in [2.75, 3.05) is 0 Å². The van der Waals surface area contributed by atoms with Gasteiger partial charge in [-0.3, -0.25) is 14.2 Å². The van der Waals surface area contributed by atoms with E-state index >= 15 is 0 Å². The van der Waals surface area contributed by atoms with Gasteiger partial charge in [-0.1, -0.05) is 25.1 Å². The molecule has 31 heavy (non-hydrogen) atoms. The van der Waals surface area contributed by atoms with Crippen molar-refractivity contribution in [1.82, 2.24) is 15.0 Å². The maximum Gasteiger partial charge on any atom is 0.271 e. The number of nitrogens with one attached hydrogen (secondary N) is 1. The predicted octanol–water partition coefficient (Wildman–Crippen LogP) is 3.81. The topological polar surface area (TPSA) is 89.5 Å². The molecule has 4 aromatic rings. The van der Waals surface area contributed by atoms with Crippen molar-refractivity contribution in [2.45, 2.75) is 39.7 Å². The zero-order valence-corrected chi connectivity index (χ0v) is 17.4. The SMILES string of the molecule is CCc1c(/C(C)=N\NC(=O)c2ccc3c(=O)n4c(nc3c2)CCC4)oc2ccccc12. The van der Waals surface area contributed by atoms with E-state index in [-0.39, 0.29) is 11.5 Å². The Morgan fingerprint density at radius 1 is 1.23 bits per heavy atom. The van der Waals surface area contributed by atoms with Crippen LogP contribution in [0.25, 0.3) is 21.9 Å². The number of carbonyl (C=O) groups is 1. The molecule has 0 saturated carbocycles. The normalized spacial score (nSPS) is 13.7. The zero-order valence-electron chi connectivity index (χ0n) is 17.4. The first-order chi connectivity index (χ1) is 15.1. The lowest BCUT2D eigenvalue weighted by atomic mass is 10.1. The highest BCUT2D eigenvalue weighted by molar-refractivity contribution is 6.04. The number of aryl methyl sites for hydroxylation is 2. The third kappa shape index (κ3) is 3.22. The monoisotopic (exact) mass is 414 g/mol. The first-order valence-corrected chi connectivity index (χ1v) is 10.5. The Balaban J connectivity index is 1.44. The summed E-state index contributed by atoms with van der Waals surface area (Å²) in [6, 6.07) is 12.8. The Kier molecular flexibility index (Phi) is 4.66. The van der Waals surface area contributed by atoms with E-state index < -0.39 is 0 Å². The van der Waals surface area contributed by atoms with Gasteiger partial charge in [0.05, 0.1) is 10.9 Å². The van der Waals surface area contributed by atoms with Crippen LogP contribution < -0.4 is 11.0 Å². The lowest BCUT2D eigenvalue weighted by Crippen LogP contribution is -2.22. The van der Waals surface area contributed by atoms with Crippen LogP contribution in [0.1, 0.15) is 47.8 Å². The molecule has 156 valence electrons. The van der Waals surface area contributed by atoms with Crippen LogP contribution >= 0.6 is 0 Å². The van der Waals surface area contributed by atoms with E-state index in [4.69, 9.17) is 4.42 Å². The second-order valence-corrected chi connectivity index (χ2v) is 7.72. The fourth-order valence-electron chi connectivity index (χ4n) is 4.22. The molecule has 2 aromatic carbocycles. The molecule has 0 atom stereocenters. The molecule has 7 heteroatoms. The van der Waals surface area contributed by atoms with E-state index in [2.05, 4.69) is 22.4 Å². The minimum Gasteiger partial charge on any atom is -0.454 e. The summed E-state index contributed by atoms with van der Waals surface area (Å²) < 4.78 is 7.69. The van der Waals surface area contributed by atoms with Crippen molar-refractivity contribution in [3.8, 4) is 0 Å². The van der Waals surface area contributed by atoms with Gasteiger partial charge in [0.15, 0.2) is 5.76 Å². The first-order valence-electron chi connectivity index (χ1n) is 10.5. The van der Waals surface area contributed by atoms with Crippen LogP contribution in [-0.4, -0.2) is 21.2 Å². The van der Waals surface area contributed by atoms with Gasteiger partial charge in [-0.25, -0.2) is 10.4 Å². The fourth-order valence-corrected chi connectivity index (χ4v) is 4.22. The lowest BCUT2D eigenvalue weighted by Gasteiger charge is -2.07. The van der Waals surface area contributed by atoms with Crippen molar-refractivity contribution in [1.29, 1.82) is 0 Å². The largest absolute Gasteiger partial charge is 0.454 e. The highest BCUT2D eigenvalue weighted by Crippen LogP contribution is 2.26. The molecular weight excluding hydrogens is 392 g/mol. The summed E-state index contributed by atoms with van der Waals surface area (Å²) in [5.74, 6) is 1.09. The summed E-state index contributed by atoms with van der Waals surface area (Å²) >= 11 is 0. The van der Waals surface area contributed by atoms with Crippen molar-refractivity contribution in [3.05, 3.63) is 75.5 Å². The van der Waals surface area contributed by atoms with Crippen molar-refractivity contribution < 1.29 is 9.21 Å². The van der Waals surface area contributed by atoms with Crippen molar-refractivity contribution >= 4 is 33.5 Å². The van der Waals surface area contributed by atoms with Gasteiger partial charge in [0.25, 0.3) is 11.5 Å². The molecule has 0 radical (unpaired) electrons. The van der Waals surface area contributed by atoms with Crippen LogP contribution in [-0.2, 0) is 19.4 Å². The van der Waals surface area contributed by atoms with E-state index in [0.717, 1.165) is 41.6 Å². The number of para-hydroxylation sites is 1. The molecule has 7 nitrogen and oxygen atoms in total. The van der Waals surface area contributed by atoms with Crippen LogP contribution in [0.2, 0.25) is 0 Å². The van der Waals surface area contributed by atoms with Crippen LogP contribution in [0.3, 0.4) is 0 Å². The highest BCUT2D eigenvalue weighted by atomic mass is 16.3. The number of hydrazone groups is 1. The third-order valence-corrected chi connectivity index (χ3v) is 5.78. The summed E-state index contributed by atoms with van der Waals surface area (Å²) in [5.41, 5.74) is 5.96. The summed E-state index contributed by atoms with van der Waals surface area (Å²) in [6.07, 6.45) is 2.49. The number of rotatable bonds is 4. The number of furan rings is 1. The third-order valence-electron chi connectivity index (χ3n) is 5.78. The van der Waals surface area contributed by atoms with Crippen molar-refractivity contribution in [3.63, 3.8) is 0 Å². The molecule has 0 spiro atoms. The molecule has 1 amide bonds. The number of benzene rings is 2. The van der Waals surface area contributed by atoms with Gasteiger partial charge in [0, 0.05) is 29.5 Å². The van der Waals surface area contributed by atoms with Crippen LogP contribution in [0, 0.1) is 0 Å². The van der Waals surface area contributed by atoms with E-state index in [1.807, 2.05) is 31.2 Å². The number of hydrogen-bond acceptors (Lipinski definition) is 5. The second kappa shape index (κ2) is 7.50. The average molecular weight is 414 g/mol. The molecule has 0 unspecified atom stereocenters. The molecule has 5 rings (SSSR count). The Labute approximate surface area is 178 Å². The number of hydrogen-bond donors (Lipinski definition) is 1. The fraction of sp³-hybridized carbons (Fsp3) is 0.250. The Morgan fingerprint density at radius 2 is 2.06 bits per heavy atom. The van der Waals surface area contributed by atoms with Gasteiger partial charge in [0.2, 0.25) is 0 Å². The average Bonchev–Trinajstić information content (AvgIpc) is 3.41. The van der Waals surface area contributed by atoms with Gasteiger partial charge in [-0.15, -0.1) is 0 Å². The first kappa shape index (κ1) is 19.2. The number of nitrogens with zero attached hydrogens (tertiary/aromatic N) is 3. The smallest absolute Gasteiger partial charge is 0.271 e. The van der Waals surface area contributed by atoms with E-state index in [0.29, 0.717) is 34.5 Å². The molecule has 3 heterocycles. The molecule has 0 saturated heterocycles. The molecule has 2 aromatic heterocycles. The summed E-state index contributed by atoms with van der Waals surface area (Å²) in [5, 5.41) is 5.85. The molecule has 0 fully saturated rings. The molecule has 0 bridgehead atoms. The van der Waals surface area contributed by atoms with Crippen LogP contribution in [0.5, 0.6) is 0 Å². The molecular formula is C24H22N4O3. The lowest BCUT2D eigenvalue weighted by molar-refractivity contribution is 0.0955. The van der Waals surface area contributed by atoms with E-state index in [1.165, 1.54) is 0 Å². The van der Waals surface area contributed by atoms with Gasteiger partial charge in [0.1, 0.15) is 17.1 Å². The van der Waals surface area contributed by atoms with Crippen LogP contribution in [0.4, 0.5) is 0 Å². The van der Waals surface area contributed by atoms with Crippen molar-refractivity contribution in [2.24, 2.45) is 5.10 Å². The summed E-state index contributed by atoms with van der Waals surface area (Å²) in [7, 11) is 0. The summed E-state index contributed by atoms with van der Waals surface area (Å²) in [4.78, 5) is 29.9. The van der Waals surface area contributed by atoms with Gasteiger partial charge in [-0.2, -0.15) is 5.10 Å². The van der Waals surface area contributed by atoms with Crippen LogP contribution in [0.15, 0.2) is 56.8 Å². The second-order valence-electron chi connectivity index (χ2n) is 7.72. The predicted molar refractivity (Wildman–Crippen MR) is 120 cm³/mol. The van der Waals surface area contributed by atoms with Gasteiger partial charge < -0.3 is 4.42 Å². The van der Waals surface area contributed by atoms with Gasteiger partial charge >= 0.3 is 0 Å². The number of aromatic nitrogens is 2.